The van der Waals surface area contributed by atoms with Crippen LogP contribution in [-0.2, 0) is 0 Å². The first kappa shape index (κ1) is 18.8. The van der Waals surface area contributed by atoms with Crippen LogP contribution in [0.2, 0.25) is 0 Å². The first-order chi connectivity index (χ1) is 12.8. The Morgan fingerprint density at radius 2 is 1.85 bits per heavy atom. The van der Waals surface area contributed by atoms with Gasteiger partial charge in [-0.15, -0.1) is 22.8 Å². The van der Waals surface area contributed by atoms with Crippen LogP contribution in [0.1, 0.15) is 25.3 Å². The van der Waals surface area contributed by atoms with Gasteiger partial charge in [-0.25, -0.2) is 9.66 Å². The van der Waals surface area contributed by atoms with Crippen LogP contribution >= 0.6 is 12.6 Å². The van der Waals surface area contributed by atoms with Gasteiger partial charge in [0, 0.05) is 20.2 Å². The Kier molecular flexibility index (Phi) is 5.13. The van der Waals surface area contributed by atoms with Gasteiger partial charge in [0.1, 0.15) is 17.3 Å². The van der Waals surface area contributed by atoms with E-state index in [-0.39, 0.29) is 17.4 Å². The minimum Gasteiger partial charge on any atom is -0.508 e. The van der Waals surface area contributed by atoms with Gasteiger partial charge >= 0.3 is 0 Å². The van der Waals surface area contributed by atoms with Crippen LogP contribution < -0.4 is 10.3 Å². The van der Waals surface area contributed by atoms with Crippen LogP contribution in [-0.4, -0.2) is 44.2 Å². The third kappa shape index (κ3) is 3.77. The van der Waals surface area contributed by atoms with Crippen LogP contribution in [0.5, 0.6) is 11.5 Å². The van der Waals surface area contributed by atoms with E-state index in [0.717, 1.165) is 5.82 Å². The number of pyridine rings is 1. The molecule has 0 aliphatic heterocycles. The second kappa shape index (κ2) is 7.36. The number of anilines is 2. The third-order valence-electron chi connectivity index (χ3n) is 4.10. The standard InChI is InChI=1S/C18H22N6O2S/c1-10(2)12-7-13(15(26)8-14(12)25)17-20-21-18(27)24(17)22-11-5-6-16(19-9-11)23(3)4/h5-10,22,25-26H,1-4H3,(H,21,27). The molecule has 0 atom stereocenters. The van der Waals surface area contributed by atoms with E-state index in [2.05, 4.69) is 33.2 Å². The number of benzene rings is 1. The predicted octanol–water partition coefficient (Wildman–Crippen LogP) is 3.10. The molecule has 2 aromatic heterocycles. The summed E-state index contributed by atoms with van der Waals surface area (Å²) in [6.45, 7) is 3.92. The van der Waals surface area contributed by atoms with Crippen molar-refractivity contribution in [2.75, 3.05) is 24.4 Å². The van der Waals surface area contributed by atoms with E-state index in [9.17, 15) is 10.2 Å². The molecule has 8 nitrogen and oxygen atoms in total. The minimum atomic E-state index is -0.0956. The lowest BCUT2D eigenvalue weighted by molar-refractivity contribution is 0.444. The fourth-order valence-electron chi connectivity index (χ4n) is 2.63. The van der Waals surface area contributed by atoms with Gasteiger partial charge in [0.15, 0.2) is 5.82 Å². The van der Waals surface area contributed by atoms with Crippen molar-refractivity contribution in [3.63, 3.8) is 0 Å². The molecule has 0 amide bonds. The Morgan fingerprint density at radius 1 is 1.11 bits per heavy atom. The van der Waals surface area contributed by atoms with E-state index < -0.39 is 0 Å². The molecular weight excluding hydrogens is 364 g/mol. The monoisotopic (exact) mass is 386 g/mol. The molecule has 0 bridgehead atoms. The highest BCUT2D eigenvalue weighted by molar-refractivity contribution is 7.80. The highest BCUT2D eigenvalue weighted by Gasteiger charge is 2.19. The zero-order valence-corrected chi connectivity index (χ0v) is 16.4. The Bertz CT molecular complexity index is 953. The molecule has 0 unspecified atom stereocenters. The van der Waals surface area contributed by atoms with E-state index >= 15 is 0 Å². The predicted molar refractivity (Wildman–Crippen MR) is 108 cm³/mol. The molecule has 0 fully saturated rings. The van der Waals surface area contributed by atoms with E-state index in [1.54, 1.807) is 16.9 Å². The van der Waals surface area contributed by atoms with Crippen LogP contribution in [0, 0.1) is 0 Å². The Hall–Kier alpha value is -2.94. The van der Waals surface area contributed by atoms with Gasteiger partial charge in [-0.3, -0.25) is 5.43 Å². The molecule has 0 radical (unpaired) electrons. The first-order valence-corrected chi connectivity index (χ1v) is 8.83. The van der Waals surface area contributed by atoms with Gasteiger partial charge in [-0.2, -0.15) is 0 Å². The van der Waals surface area contributed by atoms with E-state index in [1.165, 1.54) is 6.07 Å². The van der Waals surface area contributed by atoms with Gasteiger partial charge < -0.3 is 15.1 Å². The molecule has 0 aliphatic rings. The molecule has 3 aromatic rings. The van der Waals surface area contributed by atoms with Gasteiger partial charge in [-0.1, -0.05) is 13.8 Å². The summed E-state index contributed by atoms with van der Waals surface area (Å²) in [7, 11) is 3.83. The Labute approximate surface area is 162 Å². The highest BCUT2D eigenvalue weighted by atomic mass is 32.1. The van der Waals surface area contributed by atoms with Crippen molar-refractivity contribution in [1.82, 2.24) is 19.9 Å². The number of hydrogen-bond donors (Lipinski definition) is 4. The van der Waals surface area contributed by atoms with Crippen LogP contribution in [0.3, 0.4) is 0 Å². The summed E-state index contributed by atoms with van der Waals surface area (Å²) in [5.41, 5.74) is 4.99. The average Bonchev–Trinajstić information content (AvgIpc) is 2.96. The summed E-state index contributed by atoms with van der Waals surface area (Å²) >= 11 is 4.34. The van der Waals surface area contributed by atoms with Crippen molar-refractivity contribution in [3.05, 3.63) is 36.0 Å². The quantitative estimate of drug-likeness (QED) is 0.500. The van der Waals surface area contributed by atoms with Gasteiger partial charge in [0.2, 0.25) is 5.16 Å². The number of thiol groups is 1. The number of nitrogens with zero attached hydrogens (tertiary/aromatic N) is 5. The number of aromatic hydroxyl groups is 2. The molecule has 0 aliphatic carbocycles. The van der Waals surface area contributed by atoms with Crippen molar-refractivity contribution in [3.8, 4) is 22.9 Å². The van der Waals surface area contributed by atoms with Gasteiger partial charge in [-0.05, 0) is 29.7 Å². The van der Waals surface area contributed by atoms with Crippen molar-refractivity contribution in [2.45, 2.75) is 24.9 Å². The molecule has 0 saturated heterocycles. The zero-order valence-electron chi connectivity index (χ0n) is 15.5. The fourth-order valence-corrected chi connectivity index (χ4v) is 2.82. The minimum absolute atomic E-state index is 0.0415. The number of rotatable bonds is 5. The molecule has 0 spiro atoms. The SMILES string of the molecule is CC(C)c1cc(-c2nnc(S)n2Nc2ccc(N(C)C)nc2)c(O)cc1O. The molecule has 3 N–H and O–H groups in total. The average molecular weight is 386 g/mol. The molecule has 1 aromatic carbocycles. The highest BCUT2D eigenvalue weighted by Crippen LogP contribution is 2.37. The molecular formula is C18H22N6O2S. The normalized spacial score (nSPS) is 11.0. The number of aromatic nitrogens is 4. The van der Waals surface area contributed by atoms with E-state index in [0.29, 0.717) is 27.8 Å². The molecule has 9 heteroatoms. The maximum absolute atomic E-state index is 10.3. The summed E-state index contributed by atoms with van der Waals surface area (Å²) in [5, 5.41) is 28.8. The summed E-state index contributed by atoms with van der Waals surface area (Å²) in [4.78, 5) is 6.26. The first-order valence-electron chi connectivity index (χ1n) is 8.39. The summed E-state index contributed by atoms with van der Waals surface area (Å²) in [6, 6.07) is 6.77. The molecule has 142 valence electrons. The van der Waals surface area contributed by atoms with Gasteiger partial charge in [0.25, 0.3) is 0 Å². The van der Waals surface area contributed by atoms with Gasteiger partial charge in [0.05, 0.1) is 17.4 Å². The Morgan fingerprint density at radius 3 is 2.44 bits per heavy atom. The van der Waals surface area contributed by atoms with Crippen molar-refractivity contribution >= 4 is 24.1 Å². The largest absolute Gasteiger partial charge is 0.508 e. The smallest absolute Gasteiger partial charge is 0.207 e. The lowest BCUT2D eigenvalue weighted by atomic mass is 9.98. The van der Waals surface area contributed by atoms with E-state index in [1.807, 2.05) is 45.0 Å². The maximum atomic E-state index is 10.3. The molecule has 3 rings (SSSR count). The summed E-state index contributed by atoms with van der Waals surface area (Å²) in [6.07, 6.45) is 1.68. The molecule has 0 saturated carbocycles. The van der Waals surface area contributed by atoms with Crippen LogP contribution in [0.4, 0.5) is 11.5 Å². The number of phenols is 2. The lowest BCUT2D eigenvalue weighted by Crippen LogP contribution is -2.13. The fraction of sp³-hybridized carbons (Fsp3) is 0.278. The molecule has 2 heterocycles. The second-order valence-corrected chi connectivity index (χ2v) is 7.05. The van der Waals surface area contributed by atoms with Crippen molar-refractivity contribution in [2.24, 2.45) is 0 Å². The number of hydrogen-bond acceptors (Lipinski definition) is 8. The maximum Gasteiger partial charge on any atom is 0.207 e. The van der Waals surface area contributed by atoms with E-state index in [4.69, 9.17) is 0 Å². The number of nitrogens with one attached hydrogen (secondary N) is 1. The van der Waals surface area contributed by atoms with Crippen LogP contribution in [0.25, 0.3) is 11.4 Å². The zero-order chi connectivity index (χ0) is 19.7. The Balaban J connectivity index is 2.01. The van der Waals surface area contributed by atoms with Crippen molar-refractivity contribution in [1.29, 1.82) is 0 Å². The summed E-state index contributed by atoms with van der Waals surface area (Å²) < 4.78 is 1.55. The second-order valence-electron chi connectivity index (χ2n) is 6.65. The topological polar surface area (TPSA) is 99.3 Å². The van der Waals surface area contributed by atoms with Crippen molar-refractivity contribution < 1.29 is 10.2 Å². The lowest BCUT2D eigenvalue weighted by Gasteiger charge is -2.15. The van der Waals surface area contributed by atoms with Crippen LogP contribution in [0.15, 0.2) is 35.6 Å². The molecule has 27 heavy (non-hydrogen) atoms. The third-order valence-corrected chi connectivity index (χ3v) is 4.39. The number of phenolic OH excluding ortho intramolecular Hbond substituents is 2. The summed E-state index contributed by atoms with van der Waals surface area (Å²) in [5.74, 6) is 1.22.